The highest BCUT2D eigenvalue weighted by Gasteiger charge is 2.30. The van der Waals surface area contributed by atoms with Gasteiger partial charge in [-0.15, -0.1) is 0 Å². The van der Waals surface area contributed by atoms with E-state index in [-0.39, 0.29) is 0 Å². The zero-order valence-corrected chi connectivity index (χ0v) is 11.7. The van der Waals surface area contributed by atoms with Crippen LogP contribution in [0.5, 0.6) is 0 Å². The van der Waals surface area contributed by atoms with E-state index in [1.54, 1.807) is 0 Å². The third-order valence-electron chi connectivity index (χ3n) is 4.73. The van der Waals surface area contributed by atoms with Crippen molar-refractivity contribution >= 4 is 0 Å². The molecule has 0 bridgehead atoms. The fourth-order valence-electron chi connectivity index (χ4n) is 3.40. The predicted octanol–water partition coefficient (Wildman–Crippen LogP) is 2.16. The summed E-state index contributed by atoms with van der Waals surface area (Å²) >= 11 is 0. The maximum atomic E-state index is 5.99. The zero-order chi connectivity index (χ0) is 12.4. The summed E-state index contributed by atoms with van der Waals surface area (Å²) in [5, 5.41) is 3.71. The molecule has 1 N–H and O–H groups in total. The Labute approximate surface area is 111 Å². The molecule has 104 valence electrons. The summed E-state index contributed by atoms with van der Waals surface area (Å²) in [4.78, 5) is 2.70. The van der Waals surface area contributed by atoms with E-state index in [0.717, 1.165) is 12.1 Å². The van der Waals surface area contributed by atoms with Crippen LogP contribution in [0.3, 0.4) is 0 Å². The number of piperidine rings is 1. The summed E-state index contributed by atoms with van der Waals surface area (Å²) < 4.78 is 5.99. The molecule has 2 heterocycles. The van der Waals surface area contributed by atoms with Gasteiger partial charge in [-0.2, -0.15) is 0 Å². The largest absolute Gasteiger partial charge is 0.374 e. The minimum atomic E-state index is 0.489. The third-order valence-corrected chi connectivity index (χ3v) is 4.73. The van der Waals surface area contributed by atoms with E-state index >= 15 is 0 Å². The van der Waals surface area contributed by atoms with E-state index < -0.39 is 0 Å². The van der Waals surface area contributed by atoms with Gasteiger partial charge in [0.25, 0.3) is 0 Å². The standard InChI is InChI=1S/C15H28N2O/c1-12-5-8-15(18-12)11-17-9-3-2-4-14(17)10-16-13-6-7-13/h12-16H,2-11H2,1H3. The van der Waals surface area contributed by atoms with Crippen molar-refractivity contribution in [3.05, 3.63) is 0 Å². The lowest BCUT2D eigenvalue weighted by Gasteiger charge is -2.37. The second kappa shape index (κ2) is 5.89. The van der Waals surface area contributed by atoms with Gasteiger partial charge >= 0.3 is 0 Å². The van der Waals surface area contributed by atoms with Crippen molar-refractivity contribution in [2.75, 3.05) is 19.6 Å². The molecule has 3 atom stereocenters. The molecule has 1 saturated carbocycles. The molecule has 0 aromatic rings. The van der Waals surface area contributed by atoms with Crippen molar-refractivity contribution in [3.63, 3.8) is 0 Å². The van der Waals surface area contributed by atoms with Gasteiger partial charge in [0.15, 0.2) is 0 Å². The molecule has 3 heteroatoms. The van der Waals surface area contributed by atoms with E-state index in [0.29, 0.717) is 12.2 Å². The Balaban J connectivity index is 1.47. The topological polar surface area (TPSA) is 24.5 Å². The van der Waals surface area contributed by atoms with Crippen LogP contribution in [0.15, 0.2) is 0 Å². The Bertz CT molecular complexity index is 267. The molecule has 0 radical (unpaired) electrons. The average Bonchev–Trinajstić information content (AvgIpc) is 3.12. The van der Waals surface area contributed by atoms with Crippen LogP contribution in [0.25, 0.3) is 0 Å². The van der Waals surface area contributed by atoms with Gasteiger partial charge < -0.3 is 10.1 Å². The monoisotopic (exact) mass is 252 g/mol. The fourth-order valence-corrected chi connectivity index (χ4v) is 3.40. The molecule has 2 saturated heterocycles. The minimum Gasteiger partial charge on any atom is -0.374 e. The Morgan fingerprint density at radius 2 is 2.00 bits per heavy atom. The highest BCUT2D eigenvalue weighted by Crippen LogP contribution is 2.24. The molecule has 0 aromatic carbocycles. The summed E-state index contributed by atoms with van der Waals surface area (Å²) in [5.74, 6) is 0. The predicted molar refractivity (Wildman–Crippen MR) is 73.8 cm³/mol. The maximum Gasteiger partial charge on any atom is 0.0706 e. The van der Waals surface area contributed by atoms with E-state index in [1.807, 2.05) is 0 Å². The molecule has 3 unspecified atom stereocenters. The molecule has 18 heavy (non-hydrogen) atoms. The Morgan fingerprint density at radius 1 is 1.11 bits per heavy atom. The molecule has 0 spiro atoms. The maximum absolute atomic E-state index is 5.99. The second-order valence-corrected chi connectivity index (χ2v) is 6.47. The highest BCUT2D eigenvalue weighted by molar-refractivity contribution is 4.87. The first kappa shape index (κ1) is 12.9. The van der Waals surface area contributed by atoms with Gasteiger partial charge in [0.05, 0.1) is 12.2 Å². The lowest BCUT2D eigenvalue weighted by molar-refractivity contribution is 0.0137. The van der Waals surface area contributed by atoms with Crippen molar-refractivity contribution < 1.29 is 4.74 Å². The molecule has 1 aliphatic carbocycles. The lowest BCUT2D eigenvalue weighted by atomic mass is 10.0. The van der Waals surface area contributed by atoms with E-state index in [1.165, 1.54) is 64.6 Å². The van der Waals surface area contributed by atoms with Crippen LogP contribution < -0.4 is 5.32 Å². The first-order chi connectivity index (χ1) is 8.81. The summed E-state index contributed by atoms with van der Waals surface area (Å²) in [5.41, 5.74) is 0. The number of nitrogens with zero attached hydrogens (tertiary/aromatic N) is 1. The molecule has 3 fully saturated rings. The second-order valence-electron chi connectivity index (χ2n) is 6.47. The number of hydrogen-bond acceptors (Lipinski definition) is 3. The van der Waals surface area contributed by atoms with Crippen LogP contribution in [-0.2, 0) is 4.74 Å². The van der Waals surface area contributed by atoms with Crippen molar-refractivity contribution in [2.24, 2.45) is 0 Å². The van der Waals surface area contributed by atoms with Crippen LogP contribution >= 0.6 is 0 Å². The lowest BCUT2D eigenvalue weighted by Crippen LogP contribution is -2.48. The van der Waals surface area contributed by atoms with Gasteiger partial charge in [-0.3, -0.25) is 4.90 Å². The van der Waals surface area contributed by atoms with Gasteiger partial charge in [-0.25, -0.2) is 0 Å². The summed E-state index contributed by atoms with van der Waals surface area (Å²) in [6.45, 7) is 5.86. The SMILES string of the molecule is CC1CCC(CN2CCCCC2CNC2CC2)O1. The van der Waals surface area contributed by atoms with Gasteiger partial charge in [0.2, 0.25) is 0 Å². The molecule has 3 rings (SSSR count). The number of likely N-dealkylation sites (tertiary alicyclic amines) is 1. The number of rotatable bonds is 5. The van der Waals surface area contributed by atoms with Crippen molar-refractivity contribution in [1.82, 2.24) is 10.2 Å². The van der Waals surface area contributed by atoms with Crippen LogP contribution in [0.1, 0.15) is 51.9 Å². The van der Waals surface area contributed by atoms with Crippen LogP contribution in [0, 0.1) is 0 Å². The molecule has 3 nitrogen and oxygen atoms in total. The smallest absolute Gasteiger partial charge is 0.0706 e. The fraction of sp³-hybridized carbons (Fsp3) is 1.00. The summed E-state index contributed by atoms with van der Waals surface area (Å²) in [7, 11) is 0. The third kappa shape index (κ3) is 3.46. The van der Waals surface area contributed by atoms with Crippen LogP contribution in [0.4, 0.5) is 0 Å². The van der Waals surface area contributed by atoms with Crippen LogP contribution in [0.2, 0.25) is 0 Å². The molecular formula is C15H28N2O. The number of hydrogen-bond donors (Lipinski definition) is 1. The average molecular weight is 252 g/mol. The van der Waals surface area contributed by atoms with Crippen molar-refractivity contribution in [1.29, 1.82) is 0 Å². The van der Waals surface area contributed by atoms with E-state index in [9.17, 15) is 0 Å². The quantitative estimate of drug-likeness (QED) is 0.811. The first-order valence-electron chi connectivity index (χ1n) is 7.94. The van der Waals surface area contributed by atoms with Gasteiger partial charge in [-0.05, 0) is 52.0 Å². The normalized spacial score (nSPS) is 38.2. The summed E-state index contributed by atoms with van der Waals surface area (Å²) in [6.07, 6.45) is 10.5. The molecule has 3 aliphatic rings. The van der Waals surface area contributed by atoms with E-state index in [2.05, 4.69) is 17.1 Å². The molecule has 0 amide bonds. The van der Waals surface area contributed by atoms with Gasteiger partial charge in [0.1, 0.15) is 0 Å². The Morgan fingerprint density at radius 3 is 2.72 bits per heavy atom. The minimum absolute atomic E-state index is 0.489. The molecule has 0 aromatic heterocycles. The van der Waals surface area contributed by atoms with E-state index in [4.69, 9.17) is 4.74 Å². The molecular weight excluding hydrogens is 224 g/mol. The Kier molecular flexibility index (Phi) is 4.22. The summed E-state index contributed by atoms with van der Waals surface area (Å²) in [6, 6.07) is 1.61. The highest BCUT2D eigenvalue weighted by atomic mass is 16.5. The van der Waals surface area contributed by atoms with Gasteiger partial charge in [0, 0.05) is 25.2 Å². The van der Waals surface area contributed by atoms with Crippen LogP contribution in [-0.4, -0.2) is 48.8 Å². The van der Waals surface area contributed by atoms with Crippen molar-refractivity contribution in [3.8, 4) is 0 Å². The number of ether oxygens (including phenoxy) is 1. The zero-order valence-electron chi connectivity index (χ0n) is 11.7. The number of nitrogens with one attached hydrogen (secondary N) is 1. The molecule has 2 aliphatic heterocycles. The first-order valence-corrected chi connectivity index (χ1v) is 7.94. The van der Waals surface area contributed by atoms with Crippen molar-refractivity contribution in [2.45, 2.75) is 76.2 Å². The van der Waals surface area contributed by atoms with Gasteiger partial charge in [-0.1, -0.05) is 6.42 Å². The Hall–Kier alpha value is -0.120.